The monoisotopic (exact) mass is 450 g/mol. The van der Waals surface area contributed by atoms with Gasteiger partial charge in [-0.25, -0.2) is 0 Å². The van der Waals surface area contributed by atoms with E-state index in [4.69, 9.17) is 4.74 Å². The van der Waals surface area contributed by atoms with Crippen molar-refractivity contribution in [2.75, 3.05) is 20.2 Å². The number of carbonyl (C=O) groups is 1. The highest BCUT2D eigenvalue weighted by Crippen LogP contribution is 2.27. The number of piperidine rings is 1. The van der Waals surface area contributed by atoms with Crippen LogP contribution in [0.3, 0.4) is 0 Å². The van der Waals surface area contributed by atoms with E-state index >= 15 is 0 Å². The second kappa shape index (κ2) is 9.92. The molecular weight excluding hydrogens is 421 g/mol. The van der Waals surface area contributed by atoms with E-state index < -0.39 is 11.9 Å². The first-order valence-corrected chi connectivity index (χ1v) is 10.6. The van der Waals surface area contributed by atoms with Crippen LogP contribution >= 0.6 is 0 Å². The molecule has 174 valence electrons. The van der Waals surface area contributed by atoms with Crippen LogP contribution in [0.15, 0.2) is 48.5 Å². The molecule has 0 spiro atoms. The minimum atomic E-state index is -4.69. The van der Waals surface area contributed by atoms with Gasteiger partial charge in [-0.2, -0.15) is 0 Å². The molecular formula is C24H29F3N2O3. The summed E-state index contributed by atoms with van der Waals surface area (Å²) < 4.78 is 45.7. The average Bonchev–Trinajstić information content (AvgIpc) is 2.77. The molecule has 1 aliphatic rings. The molecule has 1 N–H and O–H groups in total. The standard InChI is InChI=1S/C24H29F3N2O3/c1-23(2,22(30)31-3)29-14-12-20(13-15-29)28-16-17-4-6-18(7-5-17)19-8-10-21(11-9-19)32-24(25,26)27/h4-11,20,28H,12-16H2,1-3H3. The van der Waals surface area contributed by atoms with E-state index in [1.165, 1.54) is 19.2 Å². The Kier molecular flexibility index (Phi) is 7.46. The highest BCUT2D eigenvalue weighted by molar-refractivity contribution is 5.79. The zero-order valence-electron chi connectivity index (χ0n) is 18.5. The zero-order valence-corrected chi connectivity index (χ0v) is 18.5. The highest BCUT2D eigenvalue weighted by Gasteiger charge is 2.37. The molecule has 0 atom stereocenters. The first kappa shape index (κ1) is 24.1. The summed E-state index contributed by atoms with van der Waals surface area (Å²) in [6, 6.07) is 14.2. The maximum atomic E-state index is 12.3. The Morgan fingerprint density at radius 1 is 1.00 bits per heavy atom. The maximum Gasteiger partial charge on any atom is 0.573 e. The van der Waals surface area contributed by atoms with Crippen LogP contribution < -0.4 is 10.1 Å². The maximum absolute atomic E-state index is 12.3. The van der Waals surface area contributed by atoms with Gasteiger partial charge in [-0.15, -0.1) is 13.2 Å². The topological polar surface area (TPSA) is 50.8 Å². The van der Waals surface area contributed by atoms with Gasteiger partial charge in [0.2, 0.25) is 0 Å². The lowest BCUT2D eigenvalue weighted by Gasteiger charge is -2.41. The van der Waals surface area contributed by atoms with Gasteiger partial charge in [-0.05, 0) is 55.5 Å². The Morgan fingerprint density at radius 2 is 1.53 bits per heavy atom. The minimum Gasteiger partial charge on any atom is -0.468 e. The van der Waals surface area contributed by atoms with Gasteiger partial charge in [0.05, 0.1) is 7.11 Å². The molecule has 3 rings (SSSR count). The first-order valence-electron chi connectivity index (χ1n) is 10.6. The summed E-state index contributed by atoms with van der Waals surface area (Å²) in [6.45, 7) is 6.17. The van der Waals surface area contributed by atoms with Crippen molar-refractivity contribution < 1.29 is 27.4 Å². The summed E-state index contributed by atoms with van der Waals surface area (Å²) in [5.41, 5.74) is 2.25. The molecule has 0 aliphatic carbocycles. The average molecular weight is 451 g/mol. The summed E-state index contributed by atoms with van der Waals surface area (Å²) in [5.74, 6) is -0.449. The highest BCUT2D eigenvalue weighted by atomic mass is 19.4. The summed E-state index contributed by atoms with van der Waals surface area (Å²) in [6.07, 6.45) is -2.79. The van der Waals surface area contributed by atoms with Crippen LogP contribution in [0, 0.1) is 0 Å². The molecule has 2 aromatic carbocycles. The molecule has 1 fully saturated rings. The SMILES string of the molecule is COC(=O)C(C)(C)N1CCC(NCc2ccc(-c3ccc(OC(F)(F)F)cc3)cc2)CC1. The number of nitrogens with zero attached hydrogens (tertiary/aromatic N) is 1. The third-order valence-electron chi connectivity index (χ3n) is 5.94. The zero-order chi connectivity index (χ0) is 23.4. The smallest absolute Gasteiger partial charge is 0.468 e. The minimum absolute atomic E-state index is 0.216. The van der Waals surface area contributed by atoms with E-state index in [1.54, 1.807) is 12.1 Å². The van der Waals surface area contributed by atoms with E-state index in [2.05, 4.69) is 15.0 Å². The number of nitrogens with one attached hydrogen (secondary N) is 1. The van der Waals surface area contributed by atoms with Gasteiger partial charge in [-0.3, -0.25) is 9.69 Å². The second-order valence-corrected chi connectivity index (χ2v) is 8.46. The number of methoxy groups -OCH3 is 1. The molecule has 32 heavy (non-hydrogen) atoms. The van der Waals surface area contributed by atoms with Crippen molar-refractivity contribution in [2.24, 2.45) is 0 Å². The van der Waals surface area contributed by atoms with Crippen LogP contribution in [0.4, 0.5) is 13.2 Å². The number of rotatable bonds is 7. The number of alkyl halides is 3. The lowest BCUT2D eigenvalue weighted by Crippen LogP contribution is -2.55. The Bertz CT molecular complexity index is 888. The molecule has 5 nitrogen and oxygen atoms in total. The molecule has 0 unspecified atom stereocenters. The van der Waals surface area contributed by atoms with Gasteiger partial charge < -0.3 is 14.8 Å². The fraction of sp³-hybridized carbons (Fsp3) is 0.458. The van der Waals surface area contributed by atoms with Gasteiger partial charge in [-0.1, -0.05) is 36.4 Å². The van der Waals surface area contributed by atoms with Crippen molar-refractivity contribution in [1.29, 1.82) is 0 Å². The van der Waals surface area contributed by atoms with E-state index in [0.29, 0.717) is 6.04 Å². The van der Waals surface area contributed by atoms with Crippen molar-refractivity contribution in [3.05, 3.63) is 54.1 Å². The molecule has 1 aliphatic heterocycles. The molecule has 0 amide bonds. The van der Waals surface area contributed by atoms with Gasteiger partial charge in [0.25, 0.3) is 0 Å². The summed E-state index contributed by atoms with van der Waals surface area (Å²) in [5, 5.41) is 3.58. The number of hydrogen-bond donors (Lipinski definition) is 1. The van der Waals surface area contributed by atoms with Crippen LogP contribution in [0.2, 0.25) is 0 Å². The molecule has 1 heterocycles. The van der Waals surface area contributed by atoms with Gasteiger partial charge in [0.15, 0.2) is 0 Å². The fourth-order valence-corrected chi connectivity index (χ4v) is 3.95. The van der Waals surface area contributed by atoms with Gasteiger partial charge >= 0.3 is 12.3 Å². The molecule has 8 heteroatoms. The van der Waals surface area contributed by atoms with Crippen LogP contribution in [0.1, 0.15) is 32.3 Å². The molecule has 0 saturated carbocycles. The fourth-order valence-electron chi connectivity index (χ4n) is 3.95. The third kappa shape index (κ3) is 6.23. The molecule has 0 radical (unpaired) electrons. The largest absolute Gasteiger partial charge is 0.573 e. The lowest BCUT2D eigenvalue weighted by atomic mass is 9.96. The van der Waals surface area contributed by atoms with Crippen LogP contribution in [-0.2, 0) is 16.1 Å². The van der Waals surface area contributed by atoms with Crippen LogP contribution in [0.5, 0.6) is 5.75 Å². The van der Waals surface area contributed by atoms with Crippen molar-refractivity contribution in [1.82, 2.24) is 10.2 Å². The Balaban J connectivity index is 1.49. The Morgan fingerprint density at radius 3 is 2.03 bits per heavy atom. The number of esters is 1. The van der Waals surface area contributed by atoms with Crippen LogP contribution in [0.25, 0.3) is 11.1 Å². The number of carbonyl (C=O) groups excluding carboxylic acids is 1. The summed E-state index contributed by atoms with van der Waals surface area (Å²) in [7, 11) is 1.42. The molecule has 2 aromatic rings. The first-order chi connectivity index (χ1) is 15.1. The predicted octanol–water partition coefficient (Wildman–Crippen LogP) is 4.76. The molecule has 0 aromatic heterocycles. The third-order valence-corrected chi connectivity index (χ3v) is 5.94. The Hall–Kier alpha value is -2.58. The van der Waals surface area contributed by atoms with E-state index in [0.717, 1.165) is 49.2 Å². The number of hydrogen-bond acceptors (Lipinski definition) is 5. The van der Waals surface area contributed by atoms with Crippen molar-refractivity contribution in [3.8, 4) is 16.9 Å². The number of halogens is 3. The van der Waals surface area contributed by atoms with E-state index in [-0.39, 0.29) is 11.7 Å². The number of ether oxygens (including phenoxy) is 2. The van der Waals surface area contributed by atoms with Gasteiger partial charge in [0.1, 0.15) is 11.3 Å². The second-order valence-electron chi connectivity index (χ2n) is 8.46. The van der Waals surface area contributed by atoms with E-state index in [1.807, 2.05) is 38.1 Å². The van der Waals surface area contributed by atoms with Crippen molar-refractivity contribution in [2.45, 2.75) is 51.2 Å². The van der Waals surface area contributed by atoms with Crippen LogP contribution in [-0.4, -0.2) is 49.0 Å². The molecule has 0 bridgehead atoms. The Labute approximate surface area is 186 Å². The summed E-state index contributed by atoms with van der Waals surface area (Å²) >= 11 is 0. The van der Waals surface area contributed by atoms with E-state index in [9.17, 15) is 18.0 Å². The number of benzene rings is 2. The van der Waals surface area contributed by atoms with Gasteiger partial charge in [0, 0.05) is 25.7 Å². The van der Waals surface area contributed by atoms with Crippen molar-refractivity contribution >= 4 is 5.97 Å². The molecule has 1 saturated heterocycles. The predicted molar refractivity (Wildman–Crippen MR) is 116 cm³/mol. The van der Waals surface area contributed by atoms with Crippen molar-refractivity contribution in [3.63, 3.8) is 0 Å². The number of likely N-dealkylation sites (tertiary alicyclic amines) is 1. The lowest BCUT2D eigenvalue weighted by molar-refractivity contribution is -0.274. The summed E-state index contributed by atoms with van der Waals surface area (Å²) in [4.78, 5) is 14.2. The quantitative estimate of drug-likeness (QED) is 0.617. The normalized spacial score (nSPS) is 16.1.